The number of hydrogen-bond acceptors (Lipinski definition) is 6. The van der Waals surface area contributed by atoms with E-state index in [1.807, 2.05) is 4.90 Å². The van der Waals surface area contributed by atoms with Crippen LogP contribution in [0.3, 0.4) is 0 Å². The number of amides is 1. The predicted octanol–water partition coefficient (Wildman–Crippen LogP) is 1.21. The number of nitrogens with one attached hydrogen (secondary N) is 1. The van der Waals surface area contributed by atoms with Crippen molar-refractivity contribution in [2.24, 2.45) is 5.73 Å². The molecule has 0 spiro atoms. The van der Waals surface area contributed by atoms with Crippen LogP contribution in [0.1, 0.15) is 29.4 Å². The van der Waals surface area contributed by atoms with E-state index in [0.29, 0.717) is 18.1 Å². The Kier molecular flexibility index (Phi) is 4.70. The Morgan fingerprint density at radius 3 is 2.71 bits per heavy atom. The van der Waals surface area contributed by atoms with E-state index in [9.17, 15) is 13.6 Å². The number of anilines is 1. The maximum atomic E-state index is 13.3. The fourth-order valence-corrected chi connectivity index (χ4v) is 2.69. The monoisotopic (exact) mass is 337 g/mol. The molecule has 1 aromatic carbocycles. The summed E-state index contributed by atoms with van der Waals surface area (Å²) in [6.45, 7) is 1.82. The molecule has 3 rings (SSSR count). The first kappa shape index (κ1) is 16.3. The highest BCUT2D eigenvalue weighted by molar-refractivity contribution is 5.87. The van der Waals surface area contributed by atoms with Gasteiger partial charge in [0.2, 0.25) is 0 Å². The van der Waals surface area contributed by atoms with Crippen LogP contribution in [0.15, 0.2) is 22.7 Å². The molecule has 1 amide bonds. The van der Waals surface area contributed by atoms with Crippen LogP contribution in [-0.2, 0) is 6.54 Å². The molecule has 1 aliphatic rings. The SMILES string of the molecule is NC(=O)c1nc(CNC2CCN(c3ccc(F)c(F)c3)CC2)no1. The number of carbonyl (C=O) groups is 1. The Hall–Kier alpha value is -2.55. The van der Waals surface area contributed by atoms with Gasteiger partial charge in [0, 0.05) is 30.9 Å². The van der Waals surface area contributed by atoms with Gasteiger partial charge in [0.1, 0.15) is 0 Å². The van der Waals surface area contributed by atoms with Gasteiger partial charge in [-0.25, -0.2) is 8.78 Å². The molecule has 2 heterocycles. The zero-order chi connectivity index (χ0) is 17.1. The summed E-state index contributed by atoms with van der Waals surface area (Å²) in [5, 5.41) is 6.95. The number of carbonyl (C=O) groups excluding carboxylic acids is 1. The van der Waals surface area contributed by atoms with Crippen molar-refractivity contribution in [1.82, 2.24) is 15.5 Å². The number of halogens is 2. The molecular weight excluding hydrogens is 320 g/mol. The fraction of sp³-hybridized carbons (Fsp3) is 0.400. The van der Waals surface area contributed by atoms with Crippen LogP contribution in [0.2, 0.25) is 0 Å². The van der Waals surface area contributed by atoms with Crippen LogP contribution in [0.25, 0.3) is 0 Å². The summed E-state index contributed by atoms with van der Waals surface area (Å²) in [5.41, 5.74) is 5.72. The largest absolute Gasteiger partial charge is 0.371 e. The van der Waals surface area contributed by atoms with Gasteiger partial charge in [-0.3, -0.25) is 4.79 Å². The first-order valence-corrected chi connectivity index (χ1v) is 7.58. The van der Waals surface area contributed by atoms with Crippen molar-refractivity contribution in [1.29, 1.82) is 0 Å². The van der Waals surface area contributed by atoms with E-state index >= 15 is 0 Å². The number of piperidine rings is 1. The zero-order valence-electron chi connectivity index (χ0n) is 12.8. The summed E-state index contributed by atoms with van der Waals surface area (Å²) in [5.74, 6) is -2.28. The molecule has 0 bridgehead atoms. The summed E-state index contributed by atoms with van der Waals surface area (Å²) in [6, 6.07) is 4.17. The van der Waals surface area contributed by atoms with E-state index in [4.69, 9.17) is 10.3 Å². The second kappa shape index (κ2) is 6.91. The van der Waals surface area contributed by atoms with Gasteiger partial charge < -0.3 is 20.5 Å². The molecule has 1 saturated heterocycles. The molecule has 1 fully saturated rings. The first-order valence-electron chi connectivity index (χ1n) is 7.58. The maximum Gasteiger partial charge on any atom is 0.315 e. The standard InChI is InChI=1S/C15H17F2N5O2/c16-11-2-1-10(7-12(11)17)22-5-3-9(4-6-22)19-8-13-20-15(14(18)23)24-21-13/h1-2,7,9,19H,3-6,8H2,(H2,18,23). The van der Waals surface area contributed by atoms with Crippen molar-refractivity contribution in [2.75, 3.05) is 18.0 Å². The van der Waals surface area contributed by atoms with Gasteiger partial charge in [-0.05, 0) is 25.0 Å². The van der Waals surface area contributed by atoms with E-state index in [1.54, 1.807) is 6.07 Å². The summed E-state index contributed by atoms with van der Waals surface area (Å²) in [7, 11) is 0. The first-order chi connectivity index (χ1) is 11.5. The third-order valence-corrected chi connectivity index (χ3v) is 3.99. The molecule has 24 heavy (non-hydrogen) atoms. The van der Waals surface area contributed by atoms with Gasteiger partial charge in [-0.1, -0.05) is 5.16 Å². The highest BCUT2D eigenvalue weighted by Crippen LogP contribution is 2.22. The lowest BCUT2D eigenvalue weighted by molar-refractivity contribution is 0.0958. The van der Waals surface area contributed by atoms with Gasteiger partial charge in [-0.15, -0.1) is 0 Å². The minimum Gasteiger partial charge on any atom is -0.371 e. The number of benzene rings is 1. The lowest BCUT2D eigenvalue weighted by Crippen LogP contribution is -2.42. The van der Waals surface area contributed by atoms with Gasteiger partial charge in [0.25, 0.3) is 0 Å². The van der Waals surface area contributed by atoms with E-state index in [-0.39, 0.29) is 11.9 Å². The van der Waals surface area contributed by atoms with Crippen LogP contribution in [0.4, 0.5) is 14.5 Å². The fourth-order valence-electron chi connectivity index (χ4n) is 2.69. The Balaban J connectivity index is 1.49. The molecule has 0 aliphatic carbocycles. The van der Waals surface area contributed by atoms with Gasteiger partial charge >= 0.3 is 11.8 Å². The summed E-state index contributed by atoms with van der Waals surface area (Å²) in [4.78, 5) is 16.8. The van der Waals surface area contributed by atoms with Crippen molar-refractivity contribution in [2.45, 2.75) is 25.4 Å². The molecule has 0 atom stereocenters. The Labute approximate surface area is 136 Å². The molecule has 1 aliphatic heterocycles. The summed E-state index contributed by atoms with van der Waals surface area (Å²) in [6.07, 6.45) is 1.67. The minimum atomic E-state index is -0.842. The molecule has 2 aromatic rings. The average molecular weight is 337 g/mol. The second-order valence-electron chi connectivity index (χ2n) is 5.62. The number of aromatic nitrogens is 2. The van der Waals surface area contributed by atoms with Gasteiger partial charge in [0.05, 0.1) is 6.54 Å². The number of nitrogens with two attached hydrogens (primary N) is 1. The predicted molar refractivity (Wildman–Crippen MR) is 81.2 cm³/mol. The lowest BCUT2D eigenvalue weighted by Gasteiger charge is -2.34. The van der Waals surface area contributed by atoms with Crippen molar-refractivity contribution in [3.05, 3.63) is 41.5 Å². The maximum absolute atomic E-state index is 13.3. The molecule has 128 valence electrons. The van der Waals surface area contributed by atoms with Crippen LogP contribution in [0.5, 0.6) is 0 Å². The normalized spacial score (nSPS) is 15.7. The molecule has 0 radical (unpaired) electrons. The highest BCUT2D eigenvalue weighted by Gasteiger charge is 2.21. The van der Waals surface area contributed by atoms with Gasteiger partial charge in [0.15, 0.2) is 17.5 Å². The Bertz CT molecular complexity index is 728. The third-order valence-electron chi connectivity index (χ3n) is 3.99. The number of hydrogen-bond donors (Lipinski definition) is 2. The van der Waals surface area contributed by atoms with E-state index in [2.05, 4.69) is 15.5 Å². The van der Waals surface area contributed by atoms with Crippen LogP contribution in [-0.4, -0.2) is 35.2 Å². The van der Waals surface area contributed by atoms with Crippen LogP contribution >= 0.6 is 0 Å². The number of rotatable bonds is 5. The molecule has 3 N–H and O–H groups in total. The van der Waals surface area contributed by atoms with Crippen molar-refractivity contribution >= 4 is 11.6 Å². The van der Waals surface area contributed by atoms with Crippen molar-refractivity contribution < 1.29 is 18.1 Å². The number of primary amides is 1. The van der Waals surface area contributed by atoms with E-state index in [1.165, 1.54) is 6.07 Å². The summed E-state index contributed by atoms with van der Waals surface area (Å²) >= 11 is 0. The highest BCUT2D eigenvalue weighted by atomic mass is 19.2. The second-order valence-corrected chi connectivity index (χ2v) is 5.62. The van der Waals surface area contributed by atoms with Gasteiger partial charge in [-0.2, -0.15) is 4.98 Å². The molecular formula is C15H17F2N5O2. The van der Waals surface area contributed by atoms with Crippen LogP contribution < -0.4 is 16.0 Å². The topological polar surface area (TPSA) is 97.3 Å². The molecule has 1 aromatic heterocycles. The minimum absolute atomic E-state index is 0.208. The van der Waals surface area contributed by atoms with E-state index in [0.717, 1.165) is 32.0 Å². The quantitative estimate of drug-likeness (QED) is 0.851. The average Bonchev–Trinajstić information content (AvgIpc) is 3.05. The van der Waals surface area contributed by atoms with E-state index < -0.39 is 17.5 Å². The molecule has 0 unspecified atom stereocenters. The smallest absolute Gasteiger partial charge is 0.315 e. The molecule has 0 saturated carbocycles. The van der Waals surface area contributed by atoms with Crippen molar-refractivity contribution in [3.63, 3.8) is 0 Å². The molecule has 7 nitrogen and oxygen atoms in total. The Morgan fingerprint density at radius 1 is 1.33 bits per heavy atom. The van der Waals surface area contributed by atoms with Crippen molar-refractivity contribution in [3.8, 4) is 0 Å². The third kappa shape index (κ3) is 3.67. The Morgan fingerprint density at radius 2 is 2.08 bits per heavy atom. The lowest BCUT2D eigenvalue weighted by atomic mass is 10.0. The summed E-state index contributed by atoms with van der Waals surface area (Å²) < 4.78 is 31.0. The molecule has 9 heteroatoms. The van der Waals surface area contributed by atoms with Crippen LogP contribution in [0, 0.1) is 11.6 Å². The number of nitrogens with zero attached hydrogens (tertiary/aromatic N) is 3. The zero-order valence-corrected chi connectivity index (χ0v) is 12.8.